The van der Waals surface area contributed by atoms with Crippen LogP contribution in [0.4, 0.5) is 5.69 Å². The van der Waals surface area contributed by atoms with E-state index in [1.165, 1.54) is 28.8 Å². The van der Waals surface area contributed by atoms with Gasteiger partial charge in [-0.2, -0.15) is 0 Å². The van der Waals surface area contributed by atoms with Crippen LogP contribution in [-0.4, -0.2) is 28.5 Å². The summed E-state index contributed by atoms with van der Waals surface area (Å²) in [5, 5.41) is 11.1. The molecule has 0 spiro atoms. The molecule has 7 nitrogen and oxygen atoms in total. The quantitative estimate of drug-likeness (QED) is 0.233. The van der Waals surface area contributed by atoms with Crippen molar-refractivity contribution in [3.63, 3.8) is 0 Å². The van der Waals surface area contributed by atoms with E-state index in [1.54, 1.807) is 19.2 Å². The van der Waals surface area contributed by atoms with Crippen molar-refractivity contribution in [1.29, 1.82) is 0 Å². The first-order chi connectivity index (χ1) is 17.1. The Morgan fingerprint density at radius 2 is 1.74 bits per heavy atom. The van der Waals surface area contributed by atoms with E-state index in [-0.39, 0.29) is 11.7 Å². The fourth-order valence-corrected chi connectivity index (χ4v) is 4.72. The van der Waals surface area contributed by atoms with Gasteiger partial charge in [0.05, 0.1) is 18.1 Å². The summed E-state index contributed by atoms with van der Waals surface area (Å²) in [4.78, 5) is 17.9. The fourth-order valence-electron chi connectivity index (χ4n) is 4.72. The summed E-state index contributed by atoms with van der Waals surface area (Å²) in [5.41, 5.74) is 5.29. The molecule has 0 fully saturated rings. The van der Waals surface area contributed by atoms with E-state index >= 15 is 0 Å². The first-order valence-corrected chi connectivity index (χ1v) is 11.8. The normalized spacial score (nSPS) is 14.3. The number of rotatable bonds is 8. The lowest BCUT2D eigenvalue weighted by molar-refractivity contribution is -0.384. The molecule has 0 N–H and O–H groups in total. The Kier molecular flexibility index (Phi) is 6.59. The topological polar surface area (TPSA) is 81.6 Å². The van der Waals surface area contributed by atoms with Crippen molar-refractivity contribution in [1.82, 2.24) is 9.88 Å². The number of ether oxygens (including phenoxy) is 1. The van der Waals surface area contributed by atoms with E-state index in [0.29, 0.717) is 23.1 Å². The molecule has 7 heteroatoms. The molecule has 5 rings (SSSR count). The molecular weight excluding hydrogens is 442 g/mol. The van der Waals surface area contributed by atoms with E-state index in [2.05, 4.69) is 53.4 Å². The molecule has 1 unspecified atom stereocenters. The molecule has 0 saturated heterocycles. The molecule has 1 aliphatic rings. The third-order valence-corrected chi connectivity index (χ3v) is 6.58. The standard InChI is InChI=1S/C28H27N3O4/c1-34-28-26(22-12-14-24(15-13-22)31(32)33)29-27(35-28)25(16-11-20-7-3-2-4-8-20)30-18-17-21-9-5-6-10-23(21)19-30/h2-10,12-15,25H,11,16-19H2,1H3. The van der Waals surface area contributed by atoms with Crippen LogP contribution in [0, 0.1) is 10.1 Å². The van der Waals surface area contributed by atoms with Crippen molar-refractivity contribution >= 4 is 5.69 Å². The minimum absolute atomic E-state index is 0.0316. The van der Waals surface area contributed by atoms with Crippen molar-refractivity contribution in [2.24, 2.45) is 0 Å². The number of benzene rings is 3. The van der Waals surface area contributed by atoms with E-state index in [4.69, 9.17) is 14.1 Å². The maximum absolute atomic E-state index is 11.1. The minimum Gasteiger partial charge on any atom is -0.467 e. The molecule has 0 saturated carbocycles. The van der Waals surface area contributed by atoms with Gasteiger partial charge in [-0.1, -0.05) is 54.6 Å². The van der Waals surface area contributed by atoms with Crippen LogP contribution < -0.4 is 4.74 Å². The highest BCUT2D eigenvalue weighted by Crippen LogP contribution is 2.37. The number of aryl methyl sites for hydroxylation is 1. The molecule has 0 bridgehead atoms. The van der Waals surface area contributed by atoms with Gasteiger partial charge in [0.25, 0.3) is 5.69 Å². The van der Waals surface area contributed by atoms with Crippen molar-refractivity contribution in [2.75, 3.05) is 13.7 Å². The summed E-state index contributed by atoms with van der Waals surface area (Å²) in [6.07, 6.45) is 2.71. The number of aromatic nitrogens is 1. The SMILES string of the molecule is COc1oc(C(CCc2ccccc2)N2CCc3ccccc3C2)nc1-c1ccc([N+](=O)[O-])cc1. The van der Waals surface area contributed by atoms with Gasteiger partial charge in [0.15, 0.2) is 5.69 Å². The summed E-state index contributed by atoms with van der Waals surface area (Å²) < 4.78 is 11.7. The predicted octanol–water partition coefficient (Wildman–Crippen LogP) is 5.99. The van der Waals surface area contributed by atoms with Crippen molar-refractivity contribution in [3.8, 4) is 17.2 Å². The smallest absolute Gasteiger partial charge is 0.313 e. The molecule has 35 heavy (non-hydrogen) atoms. The van der Waals surface area contributed by atoms with Gasteiger partial charge in [0.2, 0.25) is 5.89 Å². The average Bonchev–Trinajstić information content (AvgIpc) is 3.33. The van der Waals surface area contributed by atoms with Gasteiger partial charge in [-0.25, -0.2) is 4.98 Å². The molecule has 178 valence electrons. The van der Waals surface area contributed by atoms with Crippen molar-refractivity contribution < 1.29 is 14.1 Å². The molecule has 1 aromatic heterocycles. The number of nitro benzene ring substituents is 1. The summed E-state index contributed by atoms with van der Waals surface area (Å²) in [6.45, 7) is 1.74. The number of fused-ring (bicyclic) bond motifs is 1. The molecule has 3 aromatic carbocycles. The lowest BCUT2D eigenvalue weighted by Crippen LogP contribution is -2.34. The highest BCUT2D eigenvalue weighted by molar-refractivity contribution is 5.65. The second-order valence-corrected chi connectivity index (χ2v) is 8.73. The number of oxazole rings is 1. The Morgan fingerprint density at radius 3 is 2.46 bits per heavy atom. The molecule has 2 heterocycles. The number of hydrogen-bond donors (Lipinski definition) is 0. The zero-order valence-electron chi connectivity index (χ0n) is 19.6. The van der Waals surface area contributed by atoms with Gasteiger partial charge in [-0.15, -0.1) is 0 Å². The fraction of sp³-hybridized carbons (Fsp3) is 0.250. The second kappa shape index (κ2) is 10.1. The third kappa shape index (κ3) is 4.95. The first kappa shape index (κ1) is 22.8. The van der Waals surface area contributed by atoms with Crippen molar-refractivity contribution in [3.05, 3.63) is 112 Å². The molecule has 0 aliphatic carbocycles. The van der Waals surface area contributed by atoms with Crippen LogP contribution in [0.25, 0.3) is 11.3 Å². The van der Waals surface area contributed by atoms with Crippen LogP contribution in [-0.2, 0) is 19.4 Å². The van der Waals surface area contributed by atoms with Crippen LogP contribution >= 0.6 is 0 Å². The van der Waals surface area contributed by atoms with Crippen LogP contribution in [0.5, 0.6) is 5.95 Å². The monoisotopic (exact) mass is 469 g/mol. The molecule has 1 atom stereocenters. The number of nitro groups is 1. The zero-order chi connectivity index (χ0) is 24.2. The van der Waals surface area contributed by atoms with Gasteiger partial charge in [0, 0.05) is 30.8 Å². The van der Waals surface area contributed by atoms with E-state index in [1.807, 2.05) is 6.07 Å². The highest BCUT2D eigenvalue weighted by atomic mass is 16.6. The van der Waals surface area contributed by atoms with Gasteiger partial charge >= 0.3 is 5.95 Å². The predicted molar refractivity (Wildman–Crippen MR) is 133 cm³/mol. The molecular formula is C28H27N3O4. The van der Waals surface area contributed by atoms with E-state index in [9.17, 15) is 10.1 Å². The lowest BCUT2D eigenvalue weighted by Gasteiger charge is -2.34. The largest absolute Gasteiger partial charge is 0.467 e. The summed E-state index contributed by atoms with van der Waals surface area (Å²) >= 11 is 0. The Morgan fingerprint density at radius 1 is 1.03 bits per heavy atom. The molecule has 4 aromatic rings. The van der Waals surface area contributed by atoms with Crippen LogP contribution in [0.15, 0.2) is 83.3 Å². The summed E-state index contributed by atoms with van der Waals surface area (Å²) in [5.74, 6) is 0.918. The minimum atomic E-state index is -0.414. The maximum atomic E-state index is 11.1. The Bertz CT molecular complexity index is 1300. The molecule has 1 aliphatic heterocycles. The number of methoxy groups -OCH3 is 1. The molecule has 0 amide bonds. The highest BCUT2D eigenvalue weighted by Gasteiger charge is 2.30. The lowest BCUT2D eigenvalue weighted by atomic mass is 9.96. The van der Waals surface area contributed by atoms with Gasteiger partial charge in [-0.3, -0.25) is 15.0 Å². The number of nitrogens with zero attached hydrogens (tertiary/aromatic N) is 3. The Labute approximate surface area is 204 Å². The Balaban J connectivity index is 1.47. The van der Waals surface area contributed by atoms with Gasteiger partial charge in [0.1, 0.15) is 0 Å². The Hall–Kier alpha value is -3.97. The van der Waals surface area contributed by atoms with Gasteiger partial charge < -0.3 is 9.15 Å². The summed E-state index contributed by atoms with van der Waals surface area (Å²) in [6, 6.07) is 25.3. The van der Waals surface area contributed by atoms with Crippen molar-refractivity contribution in [2.45, 2.75) is 31.8 Å². The first-order valence-electron chi connectivity index (χ1n) is 11.8. The second-order valence-electron chi connectivity index (χ2n) is 8.73. The average molecular weight is 470 g/mol. The maximum Gasteiger partial charge on any atom is 0.313 e. The van der Waals surface area contributed by atoms with Crippen LogP contribution in [0.2, 0.25) is 0 Å². The van der Waals surface area contributed by atoms with Gasteiger partial charge in [-0.05, 0) is 48.1 Å². The van der Waals surface area contributed by atoms with E-state index < -0.39 is 4.92 Å². The third-order valence-electron chi connectivity index (χ3n) is 6.58. The van der Waals surface area contributed by atoms with E-state index in [0.717, 1.165) is 32.4 Å². The zero-order valence-corrected chi connectivity index (χ0v) is 19.6. The summed E-state index contributed by atoms with van der Waals surface area (Å²) in [7, 11) is 1.55. The van der Waals surface area contributed by atoms with Crippen LogP contribution in [0.3, 0.4) is 0 Å². The number of hydrogen-bond acceptors (Lipinski definition) is 6. The molecule has 0 radical (unpaired) electrons. The van der Waals surface area contributed by atoms with Crippen LogP contribution in [0.1, 0.15) is 35.0 Å². The number of non-ortho nitro benzene ring substituents is 1.